The van der Waals surface area contributed by atoms with Crippen LogP contribution in [0.25, 0.3) is 0 Å². The monoisotopic (exact) mass is 217 g/mol. The molecule has 0 spiro atoms. The fourth-order valence-corrected chi connectivity index (χ4v) is 1.69. The summed E-state index contributed by atoms with van der Waals surface area (Å²) in [6.07, 6.45) is 3.63. The Bertz CT molecular complexity index is 379. The summed E-state index contributed by atoms with van der Waals surface area (Å²) in [5.74, 6) is 0. The van der Waals surface area contributed by atoms with Gasteiger partial charge in [-0.15, -0.1) is 0 Å². The lowest BCUT2D eigenvalue weighted by molar-refractivity contribution is 0.705. The molecule has 0 unspecified atom stereocenters. The third kappa shape index (κ3) is 3.16. The molecule has 0 heterocycles. The molecule has 2 N–H and O–H groups in total. The number of nitrogens with zero attached hydrogens (tertiary/aromatic N) is 2. The number of nitrogen functional groups attached to an aromatic ring is 1. The van der Waals surface area contributed by atoms with Crippen LogP contribution in [0.3, 0.4) is 0 Å². The van der Waals surface area contributed by atoms with E-state index in [1.165, 1.54) is 19.3 Å². The molecule has 0 bridgehead atoms. The summed E-state index contributed by atoms with van der Waals surface area (Å²) in [6, 6.07) is 7.54. The predicted molar refractivity (Wildman–Crippen MR) is 68.4 cm³/mol. The van der Waals surface area contributed by atoms with Crippen LogP contribution < -0.4 is 10.6 Å². The summed E-state index contributed by atoms with van der Waals surface area (Å²) < 4.78 is 0. The fourth-order valence-electron chi connectivity index (χ4n) is 1.69. The first-order valence-electron chi connectivity index (χ1n) is 5.69. The third-order valence-corrected chi connectivity index (χ3v) is 2.66. The molecule has 0 radical (unpaired) electrons. The molecule has 0 aliphatic rings. The highest BCUT2D eigenvalue weighted by Gasteiger charge is 2.05. The van der Waals surface area contributed by atoms with E-state index in [4.69, 9.17) is 11.0 Å². The SMILES string of the molecule is CCCCCN(C)c1ccc(C#N)cc1N. The van der Waals surface area contributed by atoms with Gasteiger partial charge < -0.3 is 10.6 Å². The van der Waals surface area contributed by atoms with E-state index in [1.807, 2.05) is 19.2 Å². The van der Waals surface area contributed by atoms with Gasteiger partial charge in [-0.3, -0.25) is 0 Å². The maximum atomic E-state index is 8.75. The second-order valence-electron chi connectivity index (χ2n) is 4.01. The summed E-state index contributed by atoms with van der Waals surface area (Å²) in [5, 5.41) is 8.75. The van der Waals surface area contributed by atoms with Gasteiger partial charge in [0, 0.05) is 13.6 Å². The van der Waals surface area contributed by atoms with Crippen LogP contribution in [0.15, 0.2) is 18.2 Å². The van der Waals surface area contributed by atoms with Crippen molar-refractivity contribution in [2.24, 2.45) is 0 Å². The molecule has 0 atom stereocenters. The summed E-state index contributed by atoms with van der Waals surface area (Å²) in [7, 11) is 2.04. The first kappa shape index (κ1) is 12.4. The topological polar surface area (TPSA) is 53.0 Å². The molecular weight excluding hydrogens is 198 g/mol. The van der Waals surface area contributed by atoms with E-state index in [9.17, 15) is 0 Å². The van der Waals surface area contributed by atoms with Crippen LogP contribution in [0.2, 0.25) is 0 Å². The number of hydrogen-bond donors (Lipinski definition) is 1. The highest BCUT2D eigenvalue weighted by Crippen LogP contribution is 2.23. The number of unbranched alkanes of at least 4 members (excludes halogenated alkanes) is 2. The Kier molecular flexibility index (Phi) is 4.65. The van der Waals surface area contributed by atoms with Crippen molar-refractivity contribution in [3.05, 3.63) is 23.8 Å². The summed E-state index contributed by atoms with van der Waals surface area (Å²) >= 11 is 0. The number of anilines is 2. The van der Waals surface area contributed by atoms with Crippen molar-refractivity contribution in [1.82, 2.24) is 0 Å². The van der Waals surface area contributed by atoms with Crippen LogP contribution >= 0.6 is 0 Å². The summed E-state index contributed by atoms with van der Waals surface area (Å²) in [6.45, 7) is 3.19. The van der Waals surface area contributed by atoms with Crippen molar-refractivity contribution in [3.8, 4) is 6.07 Å². The smallest absolute Gasteiger partial charge is 0.0992 e. The molecule has 86 valence electrons. The van der Waals surface area contributed by atoms with E-state index < -0.39 is 0 Å². The van der Waals surface area contributed by atoms with Crippen molar-refractivity contribution in [3.63, 3.8) is 0 Å². The molecular formula is C13H19N3. The van der Waals surface area contributed by atoms with Crippen molar-refractivity contribution >= 4 is 11.4 Å². The molecule has 1 aromatic rings. The Balaban J connectivity index is 2.69. The van der Waals surface area contributed by atoms with Gasteiger partial charge in [0.05, 0.1) is 23.0 Å². The molecule has 1 rings (SSSR count). The number of rotatable bonds is 5. The van der Waals surface area contributed by atoms with Gasteiger partial charge in [0.2, 0.25) is 0 Å². The van der Waals surface area contributed by atoms with Crippen molar-refractivity contribution in [2.45, 2.75) is 26.2 Å². The minimum atomic E-state index is 0.614. The number of hydrogen-bond acceptors (Lipinski definition) is 3. The van der Waals surface area contributed by atoms with E-state index in [-0.39, 0.29) is 0 Å². The van der Waals surface area contributed by atoms with Gasteiger partial charge in [0.15, 0.2) is 0 Å². The predicted octanol–water partition coefficient (Wildman–Crippen LogP) is 2.77. The normalized spacial score (nSPS) is 9.81. The second-order valence-corrected chi connectivity index (χ2v) is 4.01. The number of nitriles is 1. The van der Waals surface area contributed by atoms with Crippen LogP contribution in [0.1, 0.15) is 31.7 Å². The van der Waals surface area contributed by atoms with E-state index in [0.29, 0.717) is 11.3 Å². The lowest BCUT2D eigenvalue weighted by Crippen LogP contribution is -2.19. The minimum absolute atomic E-state index is 0.614. The van der Waals surface area contributed by atoms with Gasteiger partial charge in [0.1, 0.15) is 0 Å². The Hall–Kier alpha value is -1.69. The largest absolute Gasteiger partial charge is 0.397 e. The Labute approximate surface area is 97.5 Å². The van der Waals surface area contributed by atoms with Crippen LogP contribution in [-0.2, 0) is 0 Å². The highest BCUT2D eigenvalue weighted by molar-refractivity contribution is 5.69. The molecule has 3 heteroatoms. The van der Waals surface area contributed by atoms with Gasteiger partial charge in [-0.25, -0.2) is 0 Å². The maximum absolute atomic E-state index is 8.75. The van der Waals surface area contributed by atoms with Gasteiger partial charge in [-0.1, -0.05) is 19.8 Å². The number of nitrogens with two attached hydrogens (primary N) is 1. The molecule has 3 nitrogen and oxygen atoms in total. The van der Waals surface area contributed by atoms with E-state index in [0.717, 1.165) is 12.2 Å². The molecule has 0 aliphatic heterocycles. The van der Waals surface area contributed by atoms with Crippen molar-refractivity contribution in [1.29, 1.82) is 5.26 Å². The molecule has 0 saturated heterocycles. The van der Waals surface area contributed by atoms with E-state index >= 15 is 0 Å². The number of benzene rings is 1. The van der Waals surface area contributed by atoms with E-state index in [2.05, 4.69) is 17.9 Å². The molecule has 0 saturated carbocycles. The first-order chi connectivity index (χ1) is 7.69. The summed E-state index contributed by atoms with van der Waals surface area (Å²) in [5.41, 5.74) is 8.21. The summed E-state index contributed by atoms with van der Waals surface area (Å²) in [4.78, 5) is 2.14. The molecule has 16 heavy (non-hydrogen) atoms. The van der Waals surface area contributed by atoms with Gasteiger partial charge in [-0.05, 0) is 24.6 Å². The molecule has 0 aromatic heterocycles. The van der Waals surface area contributed by atoms with Gasteiger partial charge >= 0.3 is 0 Å². The molecule has 0 amide bonds. The fraction of sp³-hybridized carbons (Fsp3) is 0.462. The quantitative estimate of drug-likeness (QED) is 0.609. The zero-order valence-corrected chi connectivity index (χ0v) is 10.0. The average molecular weight is 217 g/mol. The Morgan fingerprint density at radius 1 is 1.38 bits per heavy atom. The average Bonchev–Trinajstić information content (AvgIpc) is 2.29. The first-order valence-corrected chi connectivity index (χ1v) is 5.69. The van der Waals surface area contributed by atoms with Crippen molar-refractivity contribution < 1.29 is 0 Å². The van der Waals surface area contributed by atoms with Gasteiger partial charge in [0.25, 0.3) is 0 Å². The molecule has 0 aliphatic carbocycles. The van der Waals surface area contributed by atoms with Crippen molar-refractivity contribution in [2.75, 3.05) is 24.2 Å². The zero-order valence-electron chi connectivity index (χ0n) is 10.0. The standard InChI is InChI=1S/C13H19N3/c1-3-4-5-8-16(2)13-7-6-11(10-14)9-12(13)15/h6-7,9H,3-5,8,15H2,1-2H3. The third-order valence-electron chi connectivity index (χ3n) is 2.66. The zero-order chi connectivity index (χ0) is 12.0. The minimum Gasteiger partial charge on any atom is -0.397 e. The van der Waals surface area contributed by atoms with Crippen LogP contribution in [-0.4, -0.2) is 13.6 Å². The Morgan fingerprint density at radius 3 is 2.69 bits per heavy atom. The van der Waals surface area contributed by atoms with E-state index in [1.54, 1.807) is 6.07 Å². The van der Waals surface area contributed by atoms with Gasteiger partial charge in [-0.2, -0.15) is 5.26 Å². The molecule has 1 aromatic carbocycles. The lowest BCUT2D eigenvalue weighted by atomic mass is 10.1. The maximum Gasteiger partial charge on any atom is 0.0992 e. The highest BCUT2D eigenvalue weighted by atomic mass is 15.1. The van der Waals surface area contributed by atoms with Crippen LogP contribution in [0, 0.1) is 11.3 Å². The van der Waals surface area contributed by atoms with Crippen LogP contribution in [0.5, 0.6) is 0 Å². The lowest BCUT2D eigenvalue weighted by Gasteiger charge is -2.21. The van der Waals surface area contributed by atoms with Crippen LogP contribution in [0.4, 0.5) is 11.4 Å². The Morgan fingerprint density at radius 2 is 2.12 bits per heavy atom. The second kappa shape index (κ2) is 6.02. The molecule has 0 fully saturated rings.